The summed E-state index contributed by atoms with van der Waals surface area (Å²) in [4.78, 5) is 12.6. The molecule has 1 saturated carbocycles. The molecule has 0 radical (unpaired) electrons. The quantitative estimate of drug-likeness (QED) is 0.770. The Balaban J connectivity index is 1.73. The third-order valence-corrected chi connectivity index (χ3v) is 4.79. The summed E-state index contributed by atoms with van der Waals surface area (Å²) >= 11 is 0. The van der Waals surface area contributed by atoms with Crippen LogP contribution in [0.2, 0.25) is 0 Å². The SMILES string of the molecule is COc1cccc(NC(=O)CC(c2ccc(OC)c(OC)c2)C2CC2)c1. The molecular formula is C21H25NO4. The van der Waals surface area contributed by atoms with Crippen molar-refractivity contribution in [2.45, 2.75) is 25.2 Å². The molecule has 1 unspecified atom stereocenters. The van der Waals surface area contributed by atoms with Crippen LogP contribution in [0.4, 0.5) is 5.69 Å². The number of amides is 1. The molecule has 0 saturated heterocycles. The van der Waals surface area contributed by atoms with Gasteiger partial charge >= 0.3 is 0 Å². The van der Waals surface area contributed by atoms with Crippen LogP contribution in [0, 0.1) is 5.92 Å². The average Bonchev–Trinajstić information content (AvgIpc) is 3.50. The maximum Gasteiger partial charge on any atom is 0.224 e. The fraction of sp³-hybridized carbons (Fsp3) is 0.381. The van der Waals surface area contributed by atoms with Crippen LogP contribution in [0.25, 0.3) is 0 Å². The Morgan fingerprint density at radius 1 is 1.04 bits per heavy atom. The molecule has 1 N–H and O–H groups in total. The Hall–Kier alpha value is -2.69. The van der Waals surface area contributed by atoms with Crippen LogP contribution in [-0.2, 0) is 4.79 Å². The number of carbonyl (C=O) groups excluding carboxylic acids is 1. The van der Waals surface area contributed by atoms with E-state index < -0.39 is 0 Å². The van der Waals surface area contributed by atoms with E-state index >= 15 is 0 Å². The smallest absolute Gasteiger partial charge is 0.224 e. The van der Waals surface area contributed by atoms with Gasteiger partial charge in [-0.2, -0.15) is 0 Å². The van der Waals surface area contributed by atoms with Crippen molar-refractivity contribution in [1.82, 2.24) is 0 Å². The maximum absolute atomic E-state index is 12.6. The molecule has 26 heavy (non-hydrogen) atoms. The summed E-state index contributed by atoms with van der Waals surface area (Å²) in [6.45, 7) is 0. The van der Waals surface area contributed by atoms with Gasteiger partial charge in [0, 0.05) is 18.2 Å². The second-order valence-electron chi connectivity index (χ2n) is 6.54. The number of methoxy groups -OCH3 is 3. The Morgan fingerprint density at radius 2 is 1.81 bits per heavy atom. The van der Waals surface area contributed by atoms with Crippen molar-refractivity contribution in [3.05, 3.63) is 48.0 Å². The van der Waals surface area contributed by atoms with E-state index in [0.29, 0.717) is 23.8 Å². The van der Waals surface area contributed by atoms with Gasteiger partial charge in [-0.05, 0) is 54.5 Å². The molecule has 0 aliphatic heterocycles. The van der Waals surface area contributed by atoms with Crippen LogP contribution in [0.15, 0.2) is 42.5 Å². The lowest BCUT2D eigenvalue weighted by Crippen LogP contribution is -2.17. The van der Waals surface area contributed by atoms with Crippen molar-refractivity contribution in [2.75, 3.05) is 26.6 Å². The molecular weight excluding hydrogens is 330 g/mol. The summed E-state index contributed by atoms with van der Waals surface area (Å²) < 4.78 is 15.9. The Bertz CT molecular complexity index is 770. The third-order valence-electron chi connectivity index (χ3n) is 4.79. The van der Waals surface area contributed by atoms with Gasteiger partial charge in [0.05, 0.1) is 21.3 Å². The molecule has 2 aromatic carbocycles. The fourth-order valence-corrected chi connectivity index (χ4v) is 3.25. The molecule has 3 rings (SSSR count). The number of benzene rings is 2. The first-order valence-electron chi connectivity index (χ1n) is 8.80. The summed E-state index contributed by atoms with van der Waals surface area (Å²) in [5, 5.41) is 2.98. The van der Waals surface area contributed by atoms with Crippen molar-refractivity contribution >= 4 is 11.6 Å². The Labute approximate surface area is 154 Å². The van der Waals surface area contributed by atoms with Gasteiger partial charge in [0.2, 0.25) is 5.91 Å². The van der Waals surface area contributed by atoms with Crippen molar-refractivity contribution < 1.29 is 19.0 Å². The van der Waals surface area contributed by atoms with E-state index in [1.807, 2.05) is 42.5 Å². The number of hydrogen-bond acceptors (Lipinski definition) is 4. The molecule has 0 aromatic heterocycles. The summed E-state index contributed by atoms with van der Waals surface area (Å²) in [5.41, 5.74) is 1.86. The molecule has 2 aromatic rings. The number of ether oxygens (including phenoxy) is 3. The normalized spacial score (nSPS) is 14.4. The number of nitrogens with one attached hydrogen (secondary N) is 1. The second kappa shape index (κ2) is 8.13. The summed E-state index contributed by atoms with van der Waals surface area (Å²) in [6.07, 6.45) is 2.76. The van der Waals surface area contributed by atoms with Crippen LogP contribution < -0.4 is 19.5 Å². The van der Waals surface area contributed by atoms with E-state index in [1.165, 1.54) is 0 Å². The number of rotatable bonds is 8. The molecule has 1 atom stereocenters. The molecule has 0 heterocycles. The van der Waals surface area contributed by atoms with Crippen molar-refractivity contribution in [3.8, 4) is 17.2 Å². The van der Waals surface area contributed by atoms with Crippen LogP contribution in [0.3, 0.4) is 0 Å². The van der Waals surface area contributed by atoms with Crippen molar-refractivity contribution in [2.24, 2.45) is 5.92 Å². The van der Waals surface area contributed by atoms with Crippen LogP contribution in [0.1, 0.15) is 30.7 Å². The Kier molecular flexibility index (Phi) is 5.66. The van der Waals surface area contributed by atoms with E-state index in [1.54, 1.807) is 21.3 Å². The van der Waals surface area contributed by atoms with E-state index in [4.69, 9.17) is 14.2 Å². The third kappa shape index (κ3) is 4.28. The van der Waals surface area contributed by atoms with E-state index in [2.05, 4.69) is 5.32 Å². The highest BCUT2D eigenvalue weighted by Crippen LogP contribution is 2.46. The van der Waals surface area contributed by atoms with Gasteiger partial charge in [-0.1, -0.05) is 12.1 Å². The minimum atomic E-state index is 0.00457. The summed E-state index contributed by atoms with van der Waals surface area (Å²) in [6, 6.07) is 13.3. The summed E-state index contributed by atoms with van der Waals surface area (Å²) in [7, 11) is 4.86. The summed E-state index contributed by atoms with van der Waals surface area (Å²) in [5.74, 6) is 2.85. The molecule has 1 aliphatic rings. The average molecular weight is 355 g/mol. The van der Waals surface area contributed by atoms with Crippen molar-refractivity contribution in [1.29, 1.82) is 0 Å². The van der Waals surface area contributed by atoms with E-state index in [9.17, 15) is 4.79 Å². The van der Waals surface area contributed by atoms with Gasteiger partial charge in [0.15, 0.2) is 11.5 Å². The van der Waals surface area contributed by atoms with E-state index in [0.717, 1.165) is 29.8 Å². The van der Waals surface area contributed by atoms with Gasteiger partial charge in [-0.25, -0.2) is 0 Å². The molecule has 5 heteroatoms. The lowest BCUT2D eigenvalue weighted by molar-refractivity contribution is -0.116. The maximum atomic E-state index is 12.6. The number of hydrogen-bond donors (Lipinski definition) is 1. The van der Waals surface area contributed by atoms with Gasteiger partial charge in [-0.3, -0.25) is 4.79 Å². The zero-order chi connectivity index (χ0) is 18.5. The van der Waals surface area contributed by atoms with E-state index in [-0.39, 0.29) is 11.8 Å². The molecule has 138 valence electrons. The lowest BCUT2D eigenvalue weighted by atomic mass is 9.90. The Morgan fingerprint density at radius 3 is 2.46 bits per heavy atom. The minimum Gasteiger partial charge on any atom is -0.497 e. The van der Waals surface area contributed by atoms with Crippen LogP contribution in [-0.4, -0.2) is 27.2 Å². The molecule has 1 amide bonds. The number of anilines is 1. The predicted octanol–water partition coefficient (Wildman–Crippen LogP) is 4.23. The van der Waals surface area contributed by atoms with Gasteiger partial charge < -0.3 is 19.5 Å². The van der Waals surface area contributed by atoms with Crippen LogP contribution >= 0.6 is 0 Å². The first-order valence-corrected chi connectivity index (χ1v) is 8.80. The minimum absolute atomic E-state index is 0.00457. The first kappa shape index (κ1) is 18.1. The molecule has 1 aliphatic carbocycles. The molecule has 0 spiro atoms. The predicted molar refractivity (Wildman–Crippen MR) is 101 cm³/mol. The largest absolute Gasteiger partial charge is 0.497 e. The molecule has 1 fully saturated rings. The van der Waals surface area contributed by atoms with Crippen molar-refractivity contribution in [3.63, 3.8) is 0 Å². The standard InChI is InChI=1S/C21H25NO4/c1-24-17-6-4-5-16(12-17)22-21(23)13-18(14-7-8-14)15-9-10-19(25-2)20(11-15)26-3/h4-6,9-12,14,18H,7-8,13H2,1-3H3,(H,22,23). The van der Waals surface area contributed by atoms with Gasteiger partial charge in [-0.15, -0.1) is 0 Å². The highest BCUT2D eigenvalue weighted by Gasteiger charge is 2.34. The van der Waals surface area contributed by atoms with Crippen LogP contribution in [0.5, 0.6) is 17.2 Å². The monoisotopic (exact) mass is 355 g/mol. The van der Waals surface area contributed by atoms with Gasteiger partial charge in [0.25, 0.3) is 0 Å². The highest BCUT2D eigenvalue weighted by molar-refractivity contribution is 5.91. The fourth-order valence-electron chi connectivity index (χ4n) is 3.25. The molecule has 0 bridgehead atoms. The second-order valence-corrected chi connectivity index (χ2v) is 6.54. The first-order chi connectivity index (χ1) is 12.6. The highest BCUT2D eigenvalue weighted by atomic mass is 16.5. The van der Waals surface area contributed by atoms with Gasteiger partial charge in [0.1, 0.15) is 5.75 Å². The topological polar surface area (TPSA) is 56.8 Å². The zero-order valence-electron chi connectivity index (χ0n) is 15.5. The number of carbonyl (C=O) groups is 1. The molecule has 5 nitrogen and oxygen atoms in total. The lowest BCUT2D eigenvalue weighted by Gasteiger charge is -2.18. The zero-order valence-corrected chi connectivity index (χ0v) is 15.5.